The van der Waals surface area contributed by atoms with Crippen molar-refractivity contribution >= 4 is 17.7 Å². The molecule has 0 spiro atoms. The zero-order valence-electron chi connectivity index (χ0n) is 7.99. The van der Waals surface area contributed by atoms with Gasteiger partial charge in [-0.15, -0.1) is 0 Å². The number of carbonyl (C=O) groups excluding carboxylic acids is 1. The van der Waals surface area contributed by atoms with Crippen molar-refractivity contribution in [3.8, 4) is 5.40 Å². The van der Waals surface area contributed by atoms with Crippen LogP contribution in [0.5, 0.6) is 0 Å². The number of likely N-dealkylation sites (tertiary alicyclic amines) is 1. The van der Waals surface area contributed by atoms with Gasteiger partial charge in [0.05, 0.1) is 5.75 Å². The summed E-state index contributed by atoms with van der Waals surface area (Å²) in [6.07, 6.45) is 2.17. The maximum atomic E-state index is 11.6. The normalized spacial score (nSPS) is 27.3. The molecule has 1 heterocycles. The molecule has 13 heavy (non-hydrogen) atoms. The minimum Gasteiger partial charge on any atom is -0.337 e. The molecule has 0 radical (unpaired) electrons. The van der Waals surface area contributed by atoms with Crippen LogP contribution in [-0.2, 0) is 4.79 Å². The number of carbonyl (C=O) groups is 1. The van der Waals surface area contributed by atoms with Crippen LogP contribution in [0.25, 0.3) is 0 Å². The van der Waals surface area contributed by atoms with E-state index >= 15 is 0 Å². The molecule has 1 saturated heterocycles. The Labute approximate surface area is 83.1 Å². The Morgan fingerprint density at radius 2 is 2.08 bits per heavy atom. The second-order valence-electron chi connectivity index (χ2n) is 3.46. The fraction of sp³-hybridized carbons (Fsp3) is 0.778. The number of thiocyanates is 1. The van der Waals surface area contributed by atoms with Crippen molar-refractivity contribution in [3.63, 3.8) is 0 Å². The second kappa shape index (κ2) is 4.52. The Kier molecular flexibility index (Phi) is 3.61. The van der Waals surface area contributed by atoms with Gasteiger partial charge in [-0.1, -0.05) is 0 Å². The monoisotopic (exact) mass is 198 g/mol. The zero-order chi connectivity index (χ0) is 9.84. The first-order chi connectivity index (χ1) is 6.16. The molecule has 0 aromatic heterocycles. The minimum absolute atomic E-state index is 0.101. The number of amides is 1. The SMILES string of the molecule is CC1CCC(C)N1C(=O)CSC#N. The summed E-state index contributed by atoms with van der Waals surface area (Å²) in [5.41, 5.74) is 0. The summed E-state index contributed by atoms with van der Waals surface area (Å²) in [4.78, 5) is 13.5. The maximum absolute atomic E-state index is 11.6. The standard InChI is InChI=1S/C9H14N2OS/c1-7-3-4-8(2)11(7)9(12)5-13-6-10/h7-8H,3-5H2,1-2H3. The summed E-state index contributed by atoms with van der Waals surface area (Å²) in [6, 6.07) is 0.698. The van der Waals surface area contributed by atoms with Gasteiger partial charge in [0.1, 0.15) is 5.40 Å². The van der Waals surface area contributed by atoms with Crippen LogP contribution >= 0.6 is 11.8 Å². The highest BCUT2D eigenvalue weighted by molar-refractivity contribution is 8.04. The number of hydrogen-bond acceptors (Lipinski definition) is 3. The Balaban J connectivity index is 2.50. The molecule has 0 aliphatic carbocycles. The average molecular weight is 198 g/mol. The molecule has 1 aliphatic rings. The highest BCUT2D eigenvalue weighted by atomic mass is 32.2. The first-order valence-corrected chi connectivity index (χ1v) is 5.47. The first kappa shape index (κ1) is 10.4. The summed E-state index contributed by atoms with van der Waals surface area (Å²) in [6.45, 7) is 4.14. The van der Waals surface area contributed by atoms with Crippen molar-refractivity contribution in [1.29, 1.82) is 5.26 Å². The Bertz CT molecular complexity index is 226. The van der Waals surface area contributed by atoms with Crippen LogP contribution < -0.4 is 0 Å². The molecule has 1 aliphatic heterocycles. The zero-order valence-corrected chi connectivity index (χ0v) is 8.80. The molecule has 2 unspecified atom stereocenters. The van der Waals surface area contributed by atoms with Gasteiger partial charge in [0.25, 0.3) is 0 Å². The van der Waals surface area contributed by atoms with Gasteiger partial charge < -0.3 is 4.90 Å². The lowest BCUT2D eigenvalue weighted by atomic mass is 10.2. The molecule has 1 fully saturated rings. The highest BCUT2D eigenvalue weighted by Crippen LogP contribution is 2.24. The van der Waals surface area contributed by atoms with E-state index in [-0.39, 0.29) is 5.91 Å². The van der Waals surface area contributed by atoms with Gasteiger partial charge in [0, 0.05) is 12.1 Å². The quantitative estimate of drug-likeness (QED) is 0.633. The van der Waals surface area contributed by atoms with Gasteiger partial charge in [-0.2, -0.15) is 5.26 Å². The number of thioether (sulfide) groups is 1. The van der Waals surface area contributed by atoms with Crippen LogP contribution in [-0.4, -0.2) is 28.6 Å². The fourth-order valence-corrected chi connectivity index (χ4v) is 2.19. The molecule has 2 atom stereocenters. The van der Waals surface area contributed by atoms with Crippen molar-refractivity contribution in [3.05, 3.63) is 0 Å². The number of hydrogen-bond donors (Lipinski definition) is 0. The van der Waals surface area contributed by atoms with Crippen LogP contribution in [0.3, 0.4) is 0 Å². The van der Waals surface area contributed by atoms with E-state index < -0.39 is 0 Å². The molecule has 72 valence electrons. The Hall–Kier alpha value is -0.690. The third kappa shape index (κ3) is 2.38. The van der Waals surface area contributed by atoms with E-state index in [0.717, 1.165) is 24.6 Å². The van der Waals surface area contributed by atoms with Gasteiger partial charge in [-0.25, -0.2) is 0 Å². The molecular weight excluding hydrogens is 184 g/mol. The van der Waals surface area contributed by atoms with Gasteiger partial charge in [0.15, 0.2) is 0 Å². The Morgan fingerprint density at radius 1 is 1.54 bits per heavy atom. The molecule has 3 nitrogen and oxygen atoms in total. The van der Waals surface area contributed by atoms with Crippen LogP contribution in [0, 0.1) is 10.7 Å². The summed E-state index contributed by atoms with van der Waals surface area (Å²) in [5, 5.41) is 10.3. The van der Waals surface area contributed by atoms with E-state index in [1.807, 2.05) is 10.3 Å². The lowest BCUT2D eigenvalue weighted by Crippen LogP contribution is -2.39. The molecule has 1 rings (SSSR count). The number of nitriles is 1. The fourth-order valence-electron chi connectivity index (χ4n) is 1.86. The molecule has 0 bridgehead atoms. The predicted octanol–water partition coefficient (Wildman–Crippen LogP) is 1.60. The van der Waals surface area contributed by atoms with E-state index in [1.165, 1.54) is 0 Å². The van der Waals surface area contributed by atoms with Gasteiger partial charge in [-0.3, -0.25) is 4.79 Å². The van der Waals surface area contributed by atoms with Crippen molar-refractivity contribution in [1.82, 2.24) is 4.90 Å². The van der Waals surface area contributed by atoms with E-state index in [9.17, 15) is 4.79 Å². The van der Waals surface area contributed by atoms with Crippen molar-refractivity contribution in [2.45, 2.75) is 38.8 Å². The summed E-state index contributed by atoms with van der Waals surface area (Å²) >= 11 is 1.02. The smallest absolute Gasteiger partial charge is 0.234 e. The average Bonchev–Trinajstić information content (AvgIpc) is 2.42. The third-order valence-corrected chi connectivity index (χ3v) is 3.02. The van der Waals surface area contributed by atoms with E-state index in [0.29, 0.717) is 17.8 Å². The van der Waals surface area contributed by atoms with E-state index in [2.05, 4.69) is 13.8 Å². The molecule has 0 aromatic rings. The Morgan fingerprint density at radius 3 is 2.54 bits per heavy atom. The second-order valence-corrected chi connectivity index (χ2v) is 4.22. The van der Waals surface area contributed by atoms with Crippen molar-refractivity contribution in [2.24, 2.45) is 0 Å². The lowest BCUT2D eigenvalue weighted by molar-refractivity contribution is -0.130. The van der Waals surface area contributed by atoms with E-state index in [4.69, 9.17) is 5.26 Å². The summed E-state index contributed by atoms with van der Waals surface area (Å²) in [7, 11) is 0. The summed E-state index contributed by atoms with van der Waals surface area (Å²) < 4.78 is 0. The van der Waals surface area contributed by atoms with Crippen molar-refractivity contribution < 1.29 is 4.79 Å². The molecule has 4 heteroatoms. The topological polar surface area (TPSA) is 44.1 Å². The number of nitrogens with zero attached hydrogens (tertiary/aromatic N) is 2. The third-order valence-electron chi connectivity index (χ3n) is 2.50. The molecule has 0 saturated carbocycles. The molecule has 0 aromatic carbocycles. The molecule has 0 N–H and O–H groups in total. The summed E-state index contributed by atoms with van der Waals surface area (Å²) in [5.74, 6) is 0.398. The molecular formula is C9H14N2OS. The largest absolute Gasteiger partial charge is 0.337 e. The predicted molar refractivity (Wildman–Crippen MR) is 53.1 cm³/mol. The highest BCUT2D eigenvalue weighted by Gasteiger charge is 2.30. The van der Waals surface area contributed by atoms with Gasteiger partial charge >= 0.3 is 0 Å². The molecule has 1 amide bonds. The van der Waals surface area contributed by atoms with Gasteiger partial charge in [0.2, 0.25) is 5.91 Å². The van der Waals surface area contributed by atoms with Crippen LogP contribution in [0.15, 0.2) is 0 Å². The lowest BCUT2D eigenvalue weighted by Gasteiger charge is -2.25. The maximum Gasteiger partial charge on any atom is 0.234 e. The van der Waals surface area contributed by atoms with Crippen molar-refractivity contribution in [2.75, 3.05) is 5.75 Å². The van der Waals surface area contributed by atoms with E-state index in [1.54, 1.807) is 0 Å². The van der Waals surface area contributed by atoms with Crippen LogP contribution in [0.4, 0.5) is 0 Å². The first-order valence-electron chi connectivity index (χ1n) is 4.49. The van der Waals surface area contributed by atoms with Crippen LogP contribution in [0.2, 0.25) is 0 Å². The minimum atomic E-state index is 0.101. The van der Waals surface area contributed by atoms with Crippen LogP contribution in [0.1, 0.15) is 26.7 Å². The number of rotatable bonds is 2. The van der Waals surface area contributed by atoms with Gasteiger partial charge in [-0.05, 0) is 38.5 Å².